The van der Waals surface area contributed by atoms with Crippen LogP contribution in [0, 0.1) is 13.8 Å². The second kappa shape index (κ2) is 6.07. The number of hydrogen-bond acceptors (Lipinski definition) is 3. The summed E-state index contributed by atoms with van der Waals surface area (Å²) >= 11 is 0. The maximum absolute atomic E-state index is 12.1. The van der Waals surface area contributed by atoms with Gasteiger partial charge in [0, 0.05) is 51.8 Å². The summed E-state index contributed by atoms with van der Waals surface area (Å²) in [7, 11) is 0. The van der Waals surface area contributed by atoms with Crippen molar-refractivity contribution in [2.24, 2.45) is 0 Å². The minimum atomic E-state index is 0.0831. The summed E-state index contributed by atoms with van der Waals surface area (Å²) in [6.45, 7) is 8.68. The molecule has 6 heteroatoms. The van der Waals surface area contributed by atoms with Gasteiger partial charge in [0.15, 0.2) is 0 Å². The van der Waals surface area contributed by atoms with E-state index in [1.54, 1.807) is 11.8 Å². The Morgan fingerprint density at radius 3 is 2.25 bits per heavy atom. The van der Waals surface area contributed by atoms with Crippen molar-refractivity contribution in [1.29, 1.82) is 0 Å². The summed E-state index contributed by atoms with van der Waals surface area (Å²) in [6, 6.07) is 2.01. The van der Waals surface area contributed by atoms with E-state index < -0.39 is 0 Å². The van der Waals surface area contributed by atoms with Crippen LogP contribution < -0.4 is 0 Å². The van der Waals surface area contributed by atoms with E-state index in [0.717, 1.165) is 11.4 Å². The van der Waals surface area contributed by atoms with E-state index in [1.807, 2.05) is 29.5 Å². The van der Waals surface area contributed by atoms with Crippen LogP contribution in [0.5, 0.6) is 0 Å². The SMILES string of the molecule is CC(=O)N1CCN(C(=O)CCn2nc(C)cc2C)CC1. The molecule has 0 aliphatic carbocycles. The van der Waals surface area contributed by atoms with E-state index >= 15 is 0 Å². The van der Waals surface area contributed by atoms with Crippen LogP contribution in [0.15, 0.2) is 6.07 Å². The lowest BCUT2D eigenvalue weighted by Gasteiger charge is -2.34. The molecule has 0 unspecified atom stereocenters. The van der Waals surface area contributed by atoms with Gasteiger partial charge in [-0.05, 0) is 19.9 Å². The first-order chi connectivity index (χ1) is 9.47. The molecule has 0 spiro atoms. The molecule has 1 aliphatic rings. The number of hydrogen-bond donors (Lipinski definition) is 0. The van der Waals surface area contributed by atoms with Crippen LogP contribution in [-0.4, -0.2) is 57.6 Å². The summed E-state index contributed by atoms with van der Waals surface area (Å²) in [6.07, 6.45) is 0.460. The summed E-state index contributed by atoms with van der Waals surface area (Å²) < 4.78 is 1.87. The molecule has 2 heterocycles. The van der Waals surface area contributed by atoms with Gasteiger partial charge >= 0.3 is 0 Å². The van der Waals surface area contributed by atoms with Gasteiger partial charge in [0.25, 0.3) is 0 Å². The molecule has 1 saturated heterocycles. The Bertz CT molecular complexity index is 501. The molecule has 0 N–H and O–H groups in total. The molecule has 1 aromatic heterocycles. The molecule has 110 valence electrons. The van der Waals surface area contributed by atoms with E-state index in [0.29, 0.717) is 39.1 Å². The minimum Gasteiger partial charge on any atom is -0.339 e. The minimum absolute atomic E-state index is 0.0831. The van der Waals surface area contributed by atoms with E-state index in [2.05, 4.69) is 5.10 Å². The van der Waals surface area contributed by atoms with Gasteiger partial charge in [0.05, 0.1) is 5.69 Å². The van der Waals surface area contributed by atoms with Crippen LogP contribution >= 0.6 is 0 Å². The molecule has 0 radical (unpaired) electrons. The Morgan fingerprint density at radius 2 is 1.75 bits per heavy atom. The number of carbonyl (C=O) groups excluding carboxylic acids is 2. The molecule has 1 aromatic rings. The normalized spacial score (nSPS) is 15.6. The maximum atomic E-state index is 12.1. The first-order valence-corrected chi connectivity index (χ1v) is 7.01. The second-order valence-electron chi connectivity index (χ2n) is 5.29. The highest BCUT2D eigenvalue weighted by molar-refractivity contribution is 5.77. The largest absolute Gasteiger partial charge is 0.339 e. The zero-order valence-electron chi connectivity index (χ0n) is 12.4. The van der Waals surface area contributed by atoms with Crippen molar-refractivity contribution in [3.05, 3.63) is 17.5 Å². The lowest BCUT2D eigenvalue weighted by atomic mass is 10.2. The molecule has 1 fully saturated rings. The molecule has 6 nitrogen and oxygen atoms in total. The first-order valence-electron chi connectivity index (χ1n) is 7.01. The summed E-state index contributed by atoms with van der Waals surface area (Å²) in [5.74, 6) is 0.223. The first kappa shape index (κ1) is 14.6. The van der Waals surface area contributed by atoms with Crippen LogP contribution in [0.4, 0.5) is 0 Å². The van der Waals surface area contributed by atoms with Crippen molar-refractivity contribution in [3.63, 3.8) is 0 Å². The third kappa shape index (κ3) is 3.37. The van der Waals surface area contributed by atoms with E-state index in [1.165, 1.54) is 0 Å². The molecular formula is C14H22N4O2. The van der Waals surface area contributed by atoms with Crippen molar-refractivity contribution < 1.29 is 9.59 Å². The number of aryl methyl sites for hydroxylation is 3. The fourth-order valence-corrected chi connectivity index (χ4v) is 2.53. The fraction of sp³-hybridized carbons (Fsp3) is 0.643. The quantitative estimate of drug-likeness (QED) is 0.812. The molecule has 0 aromatic carbocycles. The van der Waals surface area contributed by atoms with E-state index in [-0.39, 0.29) is 11.8 Å². The predicted molar refractivity (Wildman–Crippen MR) is 75.2 cm³/mol. The second-order valence-corrected chi connectivity index (χ2v) is 5.29. The van der Waals surface area contributed by atoms with Gasteiger partial charge in [-0.3, -0.25) is 14.3 Å². The Kier molecular flexibility index (Phi) is 4.42. The lowest BCUT2D eigenvalue weighted by molar-refractivity contribution is -0.138. The Balaban J connectivity index is 1.81. The van der Waals surface area contributed by atoms with Crippen LogP contribution in [0.3, 0.4) is 0 Å². The van der Waals surface area contributed by atoms with Crippen molar-refractivity contribution in [1.82, 2.24) is 19.6 Å². The highest BCUT2D eigenvalue weighted by atomic mass is 16.2. The average Bonchev–Trinajstić information content (AvgIpc) is 2.74. The summed E-state index contributed by atoms with van der Waals surface area (Å²) in [5.41, 5.74) is 2.06. The third-order valence-corrected chi connectivity index (χ3v) is 3.72. The number of rotatable bonds is 3. The van der Waals surface area contributed by atoms with Gasteiger partial charge < -0.3 is 9.80 Å². The Labute approximate surface area is 119 Å². The molecule has 0 bridgehead atoms. The van der Waals surface area contributed by atoms with Gasteiger partial charge in [0.1, 0.15) is 0 Å². The zero-order chi connectivity index (χ0) is 14.7. The number of aromatic nitrogens is 2. The molecule has 20 heavy (non-hydrogen) atoms. The number of amides is 2. The van der Waals surface area contributed by atoms with Gasteiger partial charge in [-0.2, -0.15) is 5.10 Å². The van der Waals surface area contributed by atoms with Crippen molar-refractivity contribution >= 4 is 11.8 Å². The zero-order valence-corrected chi connectivity index (χ0v) is 12.4. The molecular weight excluding hydrogens is 256 g/mol. The van der Waals surface area contributed by atoms with Gasteiger partial charge in [0.2, 0.25) is 11.8 Å². The van der Waals surface area contributed by atoms with Gasteiger partial charge in [-0.15, -0.1) is 0 Å². The number of nitrogens with zero attached hydrogens (tertiary/aromatic N) is 4. The molecule has 1 aliphatic heterocycles. The monoisotopic (exact) mass is 278 g/mol. The van der Waals surface area contributed by atoms with E-state index in [9.17, 15) is 9.59 Å². The maximum Gasteiger partial charge on any atom is 0.224 e. The van der Waals surface area contributed by atoms with Gasteiger partial charge in [-0.25, -0.2) is 0 Å². The topological polar surface area (TPSA) is 58.4 Å². The van der Waals surface area contributed by atoms with Gasteiger partial charge in [-0.1, -0.05) is 0 Å². The highest BCUT2D eigenvalue weighted by Crippen LogP contribution is 2.07. The Hall–Kier alpha value is -1.85. The molecule has 0 saturated carbocycles. The average molecular weight is 278 g/mol. The molecule has 2 amide bonds. The van der Waals surface area contributed by atoms with Crippen LogP contribution in [0.25, 0.3) is 0 Å². The number of carbonyl (C=O) groups is 2. The smallest absolute Gasteiger partial charge is 0.224 e. The summed E-state index contributed by atoms with van der Waals surface area (Å²) in [5, 5.41) is 4.36. The number of piperazine rings is 1. The standard InChI is InChI=1S/C14H22N4O2/c1-11-10-12(2)18(15-11)5-4-14(20)17-8-6-16(7-9-17)13(3)19/h10H,4-9H2,1-3H3. The fourth-order valence-electron chi connectivity index (χ4n) is 2.53. The molecule has 0 atom stereocenters. The van der Waals surface area contributed by atoms with Crippen molar-refractivity contribution in [3.8, 4) is 0 Å². The third-order valence-electron chi connectivity index (χ3n) is 3.72. The van der Waals surface area contributed by atoms with Crippen molar-refractivity contribution in [2.75, 3.05) is 26.2 Å². The summed E-state index contributed by atoms with van der Waals surface area (Å²) in [4.78, 5) is 27.0. The highest BCUT2D eigenvalue weighted by Gasteiger charge is 2.22. The lowest BCUT2D eigenvalue weighted by Crippen LogP contribution is -2.50. The van der Waals surface area contributed by atoms with Crippen LogP contribution in [0.2, 0.25) is 0 Å². The van der Waals surface area contributed by atoms with Crippen molar-refractivity contribution in [2.45, 2.75) is 33.7 Å². The van der Waals surface area contributed by atoms with Crippen LogP contribution in [-0.2, 0) is 16.1 Å². The van der Waals surface area contributed by atoms with Crippen LogP contribution in [0.1, 0.15) is 24.7 Å². The molecule has 2 rings (SSSR count). The van der Waals surface area contributed by atoms with E-state index in [4.69, 9.17) is 0 Å². The predicted octanol–water partition coefficient (Wildman–Crippen LogP) is 0.581. The Morgan fingerprint density at radius 1 is 1.15 bits per heavy atom.